The lowest BCUT2D eigenvalue weighted by molar-refractivity contribution is 0.00860. The Morgan fingerprint density at radius 1 is 1.56 bits per heavy atom. The van der Waals surface area contributed by atoms with Gasteiger partial charge in [0.2, 0.25) is 0 Å². The van der Waals surface area contributed by atoms with Crippen molar-refractivity contribution in [3.63, 3.8) is 0 Å². The van der Waals surface area contributed by atoms with Crippen LogP contribution in [0.3, 0.4) is 0 Å². The first-order valence-corrected chi connectivity index (χ1v) is 8.94. The minimum absolute atomic E-state index is 0.0252. The van der Waals surface area contributed by atoms with Gasteiger partial charge in [0.1, 0.15) is 4.21 Å². The highest BCUT2D eigenvalue weighted by molar-refractivity contribution is 9.10. The van der Waals surface area contributed by atoms with Crippen LogP contribution in [0.5, 0.6) is 0 Å². The molecule has 1 aliphatic rings. The third-order valence-corrected chi connectivity index (χ3v) is 7.43. The molecule has 1 aliphatic heterocycles. The van der Waals surface area contributed by atoms with Gasteiger partial charge in [-0.3, -0.25) is 0 Å². The maximum absolute atomic E-state index is 12.3. The van der Waals surface area contributed by atoms with Crippen molar-refractivity contribution in [2.45, 2.75) is 29.6 Å². The van der Waals surface area contributed by atoms with Gasteiger partial charge in [-0.05, 0) is 46.6 Å². The van der Waals surface area contributed by atoms with E-state index in [1.165, 1.54) is 15.6 Å². The topological polar surface area (TPSA) is 46.6 Å². The minimum Gasteiger partial charge on any atom is -0.377 e. The molecule has 0 aromatic carbocycles. The molecule has 4 nitrogen and oxygen atoms in total. The zero-order valence-corrected chi connectivity index (χ0v) is 13.4. The SMILES string of the molecule is CN(CC1CCCCO1)S(=O)(=O)c1sccc1Br. The second kappa shape index (κ2) is 6.00. The molecule has 2 heterocycles. The molecule has 1 atom stereocenters. The van der Waals surface area contributed by atoms with Gasteiger partial charge in [-0.1, -0.05) is 0 Å². The number of ether oxygens (including phenoxy) is 1. The molecule has 1 saturated heterocycles. The predicted molar refractivity (Wildman–Crippen MR) is 75.4 cm³/mol. The average Bonchev–Trinajstić information content (AvgIpc) is 2.77. The van der Waals surface area contributed by atoms with Gasteiger partial charge in [0, 0.05) is 24.7 Å². The van der Waals surface area contributed by atoms with E-state index < -0.39 is 10.0 Å². The number of likely N-dealkylation sites (N-methyl/N-ethyl adjacent to an activating group) is 1. The second-order valence-corrected chi connectivity index (χ2v) is 8.34. The molecule has 2 rings (SSSR count). The summed E-state index contributed by atoms with van der Waals surface area (Å²) in [5.74, 6) is 0. The monoisotopic (exact) mass is 353 g/mol. The van der Waals surface area contributed by atoms with E-state index in [0.717, 1.165) is 25.9 Å². The molecule has 0 radical (unpaired) electrons. The van der Waals surface area contributed by atoms with Crippen LogP contribution in [0.15, 0.2) is 20.1 Å². The summed E-state index contributed by atoms with van der Waals surface area (Å²) in [5.41, 5.74) is 0. The van der Waals surface area contributed by atoms with Crippen LogP contribution in [0, 0.1) is 0 Å². The van der Waals surface area contributed by atoms with Crippen LogP contribution in [0.25, 0.3) is 0 Å². The normalized spacial score (nSPS) is 21.4. The van der Waals surface area contributed by atoms with Gasteiger partial charge >= 0.3 is 0 Å². The van der Waals surface area contributed by atoms with Crippen molar-refractivity contribution in [2.24, 2.45) is 0 Å². The Morgan fingerprint density at radius 3 is 2.89 bits per heavy atom. The maximum Gasteiger partial charge on any atom is 0.253 e. The number of halogens is 1. The third kappa shape index (κ3) is 3.14. The molecular weight excluding hydrogens is 338 g/mol. The molecular formula is C11H16BrNO3S2. The minimum atomic E-state index is -3.40. The highest BCUT2D eigenvalue weighted by atomic mass is 79.9. The molecule has 1 unspecified atom stereocenters. The molecule has 0 N–H and O–H groups in total. The van der Waals surface area contributed by atoms with Crippen molar-refractivity contribution in [1.82, 2.24) is 4.31 Å². The lowest BCUT2D eigenvalue weighted by Gasteiger charge is -2.26. The number of nitrogens with zero attached hydrogens (tertiary/aromatic N) is 1. The zero-order chi connectivity index (χ0) is 13.2. The molecule has 18 heavy (non-hydrogen) atoms. The van der Waals surface area contributed by atoms with Gasteiger partial charge in [0.15, 0.2) is 0 Å². The lowest BCUT2D eigenvalue weighted by Crippen LogP contribution is -2.36. The summed E-state index contributed by atoms with van der Waals surface area (Å²) in [5, 5.41) is 1.77. The Hall–Kier alpha value is 0.0500. The first-order valence-electron chi connectivity index (χ1n) is 5.83. The van der Waals surface area contributed by atoms with E-state index in [-0.39, 0.29) is 6.10 Å². The maximum atomic E-state index is 12.3. The van der Waals surface area contributed by atoms with Crippen LogP contribution in [-0.2, 0) is 14.8 Å². The smallest absolute Gasteiger partial charge is 0.253 e. The average molecular weight is 354 g/mol. The van der Waals surface area contributed by atoms with Crippen LogP contribution < -0.4 is 0 Å². The first kappa shape index (κ1) is 14.5. The summed E-state index contributed by atoms with van der Waals surface area (Å²) in [6.45, 7) is 1.16. The Morgan fingerprint density at radius 2 is 2.33 bits per heavy atom. The molecule has 1 aromatic rings. The fourth-order valence-corrected chi connectivity index (χ4v) is 5.65. The van der Waals surface area contributed by atoms with E-state index in [1.54, 1.807) is 18.5 Å². The summed E-state index contributed by atoms with van der Waals surface area (Å²) >= 11 is 4.50. The van der Waals surface area contributed by atoms with Crippen molar-refractivity contribution in [1.29, 1.82) is 0 Å². The van der Waals surface area contributed by atoms with E-state index in [1.807, 2.05) is 0 Å². The fourth-order valence-electron chi connectivity index (χ4n) is 1.94. The summed E-state index contributed by atoms with van der Waals surface area (Å²) in [6, 6.07) is 1.75. The van der Waals surface area contributed by atoms with E-state index in [2.05, 4.69) is 15.9 Å². The van der Waals surface area contributed by atoms with Gasteiger partial charge in [-0.2, -0.15) is 4.31 Å². The van der Waals surface area contributed by atoms with Gasteiger partial charge < -0.3 is 4.74 Å². The van der Waals surface area contributed by atoms with Crippen molar-refractivity contribution in [2.75, 3.05) is 20.2 Å². The summed E-state index contributed by atoms with van der Waals surface area (Å²) < 4.78 is 32.6. The molecule has 7 heteroatoms. The Labute approximate surface area is 120 Å². The Bertz CT molecular complexity index is 494. The molecule has 1 aromatic heterocycles. The van der Waals surface area contributed by atoms with Gasteiger partial charge in [-0.25, -0.2) is 8.42 Å². The van der Waals surface area contributed by atoms with Crippen molar-refractivity contribution >= 4 is 37.3 Å². The molecule has 0 saturated carbocycles. The van der Waals surface area contributed by atoms with Crippen LogP contribution in [0.1, 0.15) is 19.3 Å². The second-order valence-electron chi connectivity index (χ2n) is 4.33. The zero-order valence-electron chi connectivity index (χ0n) is 10.1. The van der Waals surface area contributed by atoms with Crippen molar-refractivity contribution < 1.29 is 13.2 Å². The molecule has 0 aliphatic carbocycles. The Kier molecular flexibility index (Phi) is 4.82. The quantitative estimate of drug-likeness (QED) is 0.835. The van der Waals surface area contributed by atoms with Crippen LogP contribution in [0.4, 0.5) is 0 Å². The van der Waals surface area contributed by atoms with Crippen molar-refractivity contribution in [3.05, 3.63) is 15.9 Å². The van der Waals surface area contributed by atoms with E-state index in [9.17, 15) is 8.42 Å². The van der Waals surface area contributed by atoms with Gasteiger partial charge in [-0.15, -0.1) is 11.3 Å². The molecule has 102 valence electrons. The van der Waals surface area contributed by atoms with Gasteiger partial charge in [0.25, 0.3) is 10.0 Å². The van der Waals surface area contributed by atoms with Crippen LogP contribution in [-0.4, -0.2) is 39.0 Å². The highest BCUT2D eigenvalue weighted by Crippen LogP contribution is 2.30. The van der Waals surface area contributed by atoms with Crippen molar-refractivity contribution in [3.8, 4) is 0 Å². The van der Waals surface area contributed by atoms with E-state index in [4.69, 9.17) is 4.74 Å². The van der Waals surface area contributed by atoms with Crippen LogP contribution in [0.2, 0.25) is 0 Å². The molecule has 0 amide bonds. The fraction of sp³-hybridized carbons (Fsp3) is 0.636. The number of sulfonamides is 1. The highest BCUT2D eigenvalue weighted by Gasteiger charge is 2.27. The summed E-state index contributed by atoms with van der Waals surface area (Å²) in [6.07, 6.45) is 3.15. The number of thiophene rings is 1. The summed E-state index contributed by atoms with van der Waals surface area (Å²) in [4.78, 5) is 0. The molecule has 0 spiro atoms. The number of hydrogen-bond acceptors (Lipinski definition) is 4. The molecule has 0 bridgehead atoms. The predicted octanol–water partition coefficient (Wildman–Crippen LogP) is 2.70. The van der Waals surface area contributed by atoms with E-state index in [0.29, 0.717) is 15.2 Å². The summed E-state index contributed by atoms with van der Waals surface area (Å²) in [7, 11) is -1.79. The standard InChI is InChI=1S/C11H16BrNO3S2/c1-13(8-9-4-2-3-6-16-9)18(14,15)11-10(12)5-7-17-11/h5,7,9H,2-4,6,8H2,1H3. The largest absolute Gasteiger partial charge is 0.377 e. The first-order chi connectivity index (χ1) is 8.51. The Balaban J connectivity index is 2.08. The van der Waals surface area contributed by atoms with Crippen LogP contribution >= 0.6 is 27.3 Å². The lowest BCUT2D eigenvalue weighted by atomic mass is 10.1. The number of rotatable bonds is 4. The number of hydrogen-bond donors (Lipinski definition) is 0. The molecule has 1 fully saturated rings. The van der Waals surface area contributed by atoms with E-state index >= 15 is 0 Å². The van der Waals surface area contributed by atoms with Gasteiger partial charge in [0.05, 0.1) is 6.10 Å². The third-order valence-electron chi connectivity index (χ3n) is 2.96.